The zero-order valence-electron chi connectivity index (χ0n) is 13.3. The number of nitrogens with zero attached hydrogens (tertiary/aromatic N) is 1. The van der Waals surface area contributed by atoms with Crippen LogP contribution in [0.4, 0.5) is 0 Å². The van der Waals surface area contributed by atoms with E-state index in [4.69, 9.17) is 16.3 Å². The second-order valence-electron chi connectivity index (χ2n) is 6.35. The van der Waals surface area contributed by atoms with Gasteiger partial charge in [-0.15, -0.1) is 0 Å². The van der Waals surface area contributed by atoms with Crippen LogP contribution in [0.2, 0.25) is 5.02 Å². The fraction of sp³-hybridized carbons (Fsp3) is 0.556. The summed E-state index contributed by atoms with van der Waals surface area (Å²) in [5, 5.41) is 0.732. The summed E-state index contributed by atoms with van der Waals surface area (Å²) < 4.78 is 5.10. The van der Waals surface area contributed by atoms with Gasteiger partial charge in [-0.2, -0.15) is 0 Å². The Morgan fingerprint density at radius 1 is 1.35 bits per heavy atom. The Morgan fingerprint density at radius 3 is 2.87 bits per heavy atom. The number of esters is 1. The van der Waals surface area contributed by atoms with Crippen LogP contribution in [0, 0.1) is 11.8 Å². The highest BCUT2D eigenvalue weighted by Crippen LogP contribution is 2.50. The maximum atomic E-state index is 12.7. The Bertz CT molecular complexity index is 604. The molecule has 0 spiro atoms. The Kier molecular flexibility index (Phi) is 4.90. The van der Waals surface area contributed by atoms with Gasteiger partial charge in [0.05, 0.1) is 12.5 Å². The molecule has 4 nitrogen and oxygen atoms in total. The lowest BCUT2D eigenvalue weighted by molar-refractivity contribution is -0.151. The van der Waals surface area contributed by atoms with Gasteiger partial charge in [0, 0.05) is 24.0 Å². The number of carbonyl (C=O) groups excluding carboxylic acids is 2. The Balaban J connectivity index is 1.61. The zero-order chi connectivity index (χ0) is 16.4. The third-order valence-corrected chi connectivity index (χ3v) is 5.11. The van der Waals surface area contributed by atoms with Crippen molar-refractivity contribution in [3.8, 4) is 0 Å². The topological polar surface area (TPSA) is 46.6 Å². The van der Waals surface area contributed by atoms with E-state index in [-0.39, 0.29) is 29.6 Å². The molecule has 1 saturated carbocycles. The van der Waals surface area contributed by atoms with Crippen molar-refractivity contribution in [1.82, 2.24) is 4.90 Å². The summed E-state index contributed by atoms with van der Waals surface area (Å²) in [4.78, 5) is 26.5. The molecule has 5 heteroatoms. The molecular formula is C18H22ClNO3. The molecule has 124 valence electrons. The van der Waals surface area contributed by atoms with Crippen LogP contribution in [-0.4, -0.2) is 36.5 Å². The van der Waals surface area contributed by atoms with E-state index in [9.17, 15) is 9.59 Å². The van der Waals surface area contributed by atoms with Crippen molar-refractivity contribution in [2.24, 2.45) is 11.8 Å². The zero-order valence-corrected chi connectivity index (χ0v) is 14.1. The highest BCUT2D eigenvalue weighted by atomic mass is 35.5. The maximum Gasteiger partial charge on any atom is 0.310 e. The average molecular weight is 336 g/mol. The van der Waals surface area contributed by atoms with Gasteiger partial charge in [-0.05, 0) is 43.7 Å². The third kappa shape index (κ3) is 3.52. The second-order valence-corrected chi connectivity index (χ2v) is 6.75. The third-order valence-electron chi connectivity index (χ3n) is 4.77. The summed E-state index contributed by atoms with van der Waals surface area (Å²) in [6.45, 7) is 3.42. The van der Waals surface area contributed by atoms with Crippen molar-refractivity contribution >= 4 is 23.5 Å². The number of rotatable bonds is 4. The fourth-order valence-corrected chi connectivity index (χ4v) is 3.73. The lowest BCUT2D eigenvalue weighted by Crippen LogP contribution is -2.43. The predicted octanol–water partition coefficient (Wildman–Crippen LogP) is 3.25. The molecule has 0 bridgehead atoms. The number of hydrogen-bond acceptors (Lipinski definition) is 3. The van der Waals surface area contributed by atoms with Crippen LogP contribution in [0.15, 0.2) is 24.3 Å². The molecule has 3 rings (SSSR count). The SMILES string of the molecule is CCOC(=O)C1CCCN(C(=O)C2CC2c2ccccc2Cl)C1. The van der Waals surface area contributed by atoms with Crippen molar-refractivity contribution in [1.29, 1.82) is 0 Å². The van der Waals surface area contributed by atoms with E-state index in [0.29, 0.717) is 13.2 Å². The van der Waals surface area contributed by atoms with Crippen LogP contribution >= 0.6 is 11.6 Å². The number of ether oxygens (including phenoxy) is 1. The van der Waals surface area contributed by atoms with Crippen molar-refractivity contribution in [3.05, 3.63) is 34.9 Å². The Labute approximate surface area is 141 Å². The standard InChI is InChI=1S/C18H22ClNO3/c1-2-23-18(22)12-6-5-9-20(11-12)17(21)15-10-14(15)13-7-3-4-8-16(13)19/h3-4,7-8,12,14-15H,2,5-6,9-11H2,1H3. The highest BCUT2D eigenvalue weighted by Gasteiger charge is 2.47. The molecule has 1 aliphatic heterocycles. The predicted molar refractivity (Wildman–Crippen MR) is 88.2 cm³/mol. The van der Waals surface area contributed by atoms with Crippen molar-refractivity contribution < 1.29 is 14.3 Å². The van der Waals surface area contributed by atoms with Crippen molar-refractivity contribution in [2.75, 3.05) is 19.7 Å². The summed E-state index contributed by atoms with van der Waals surface area (Å²) in [7, 11) is 0. The van der Waals surface area contributed by atoms with Gasteiger partial charge in [0.15, 0.2) is 0 Å². The van der Waals surface area contributed by atoms with Crippen LogP contribution < -0.4 is 0 Å². The Hall–Kier alpha value is -1.55. The number of hydrogen-bond donors (Lipinski definition) is 0. The molecule has 1 aliphatic carbocycles. The average Bonchev–Trinajstić information content (AvgIpc) is 3.35. The van der Waals surface area contributed by atoms with Gasteiger partial charge >= 0.3 is 5.97 Å². The quantitative estimate of drug-likeness (QED) is 0.793. The first-order valence-corrected chi connectivity index (χ1v) is 8.69. The Morgan fingerprint density at radius 2 is 2.13 bits per heavy atom. The van der Waals surface area contributed by atoms with Gasteiger partial charge in [-0.25, -0.2) is 0 Å². The molecule has 1 heterocycles. The highest BCUT2D eigenvalue weighted by molar-refractivity contribution is 6.31. The maximum absolute atomic E-state index is 12.7. The van der Waals surface area contributed by atoms with E-state index in [0.717, 1.165) is 36.4 Å². The summed E-state index contributed by atoms with van der Waals surface area (Å²) in [5.41, 5.74) is 1.06. The summed E-state index contributed by atoms with van der Waals surface area (Å²) in [6, 6.07) is 7.73. The molecule has 0 radical (unpaired) electrons. The van der Waals surface area contributed by atoms with Gasteiger partial charge in [-0.1, -0.05) is 29.8 Å². The number of carbonyl (C=O) groups is 2. The summed E-state index contributed by atoms with van der Waals surface area (Å²) >= 11 is 6.23. The van der Waals surface area contributed by atoms with Gasteiger partial charge in [0.2, 0.25) is 5.91 Å². The molecule has 1 amide bonds. The van der Waals surface area contributed by atoms with E-state index in [1.807, 2.05) is 36.1 Å². The normalized spacial score (nSPS) is 26.7. The molecule has 0 N–H and O–H groups in total. The molecule has 2 aliphatic rings. The molecular weight excluding hydrogens is 314 g/mol. The molecule has 1 saturated heterocycles. The molecule has 3 atom stereocenters. The number of amides is 1. The van der Waals surface area contributed by atoms with Crippen molar-refractivity contribution in [3.63, 3.8) is 0 Å². The smallest absolute Gasteiger partial charge is 0.310 e. The summed E-state index contributed by atoms with van der Waals surface area (Å²) in [6.07, 6.45) is 2.52. The van der Waals surface area contributed by atoms with E-state index >= 15 is 0 Å². The number of benzene rings is 1. The van der Waals surface area contributed by atoms with Gasteiger partial charge in [-0.3, -0.25) is 9.59 Å². The lowest BCUT2D eigenvalue weighted by atomic mass is 9.97. The number of likely N-dealkylation sites (tertiary alicyclic amines) is 1. The second kappa shape index (κ2) is 6.91. The van der Waals surface area contributed by atoms with Gasteiger partial charge in [0.25, 0.3) is 0 Å². The molecule has 2 fully saturated rings. The number of piperidine rings is 1. The molecule has 1 aromatic carbocycles. The minimum absolute atomic E-state index is 0.0100. The van der Waals surface area contributed by atoms with Crippen molar-refractivity contribution in [2.45, 2.75) is 32.1 Å². The van der Waals surface area contributed by atoms with Crippen LogP contribution in [0.25, 0.3) is 0 Å². The van der Waals surface area contributed by atoms with E-state index in [1.165, 1.54) is 0 Å². The minimum atomic E-state index is -0.177. The largest absolute Gasteiger partial charge is 0.466 e. The van der Waals surface area contributed by atoms with E-state index in [2.05, 4.69) is 0 Å². The molecule has 0 aromatic heterocycles. The van der Waals surface area contributed by atoms with Crippen LogP contribution in [0.3, 0.4) is 0 Å². The molecule has 23 heavy (non-hydrogen) atoms. The fourth-order valence-electron chi connectivity index (χ4n) is 3.45. The first-order valence-electron chi connectivity index (χ1n) is 8.31. The lowest BCUT2D eigenvalue weighted by Gasteiger charge is -2.31. The van der Waals surface area contributed by atoms with Crippen LogP contribution in [0.5, 0.6) is 0 Å². The van der Waals surface area contributed by atoms with Gasteiger partial charge < -0.3 is 9.64 Å². The number of halogens is 1. The molecule has 1 aromatic rings. The first kappa shape index (κ1) is 16.3. The van der Waals surface area contributed by atoms with E-state index < -0.39 is 0 Å². The van der Waals surface area contributed by atoms with Crippen LogP contribution in [-0.2, 0) is 14.3 Å². The van der Waals surface area contributed by atoms with E-state index in [1.54, 1.807) is 0 Å². The van der Waals surface area contributed by atoms with Crippen LogP contribution in [0.1, 0.15) is 37.7 Å². The monoisotopic (exact) mass is 335 g/mol. The minimum Gasteiger partial charge on any atom is -0.466 e. The summed E-state index contributed by atoms with van der Waals surface area (Å²) in [5.74, 6) is 0.0348. The first-order chi connectivity index (χ1) is 11.1. The molecule has 3 unspecified atom stereocenters. The van der Waals surface area contributed by atoms with Gasteiger partial charge in [0.1, 0.15) is 0 Å².